The molecule has 3 heterocycles. The summed E-state index contributed by atoms with van der Waals surface area (Å²) >= 11 is 1.68. The highest BCUT2D eigenvalue weighted by Gasteiger charge is 2.23. The van der Waals surface area contributed by atoms with Gasteiger partial charge in [0, 0.05) is 11.4 Å². The molecule has 3 aromatic heterocycles. The summed E-state index contributed by atoms with van der Waals surface area (Å²) in [5.41, 5.74) is 6.66. The summed E-state index contributed by atoms with van der Waals surface area (Å²) in [5, 5.41) is 5.83. The molecule has 0 unspecified atom stereocenters. The first-order chi connectivity index (χ1) is 12.4. The molecule has 6 nitrogen and oxygen atoms in total. The maximum absolute atomic E-state index is 4.91. The molecule has 0 amide bonds. The first-order valence-corrected chi connectivity index (χ1v) is 9.30. The van der Waals surface area contributed by atoms with E-state index in [1.165, 1.54) is 17.7 Å². The highest BCUT2D eigenvalue weighted by atomic mass is 32.2. The average molecular weight is 348 g/mol. The Bertz CT molecular complexity index is 1040. The van der Waals surface area contributed by atoms with Gasteiger partial charge in [-0.2, -0.15) is 5.10 Å². The number of fused-ring (bicyclic) bond motifs is 2. The molecule has 0 spiro atoms. The van der Waals surface area contributed by atoms with Crippen LogP contribution >= 0.6 is 11.8 Å². The van der Waals surface area contributed by atoms with Crippen molar-refractivity contribution >= 4 is 22.9 Å². The zero-order chi connectivity index (χ0) is 16.6. The summed E-state index contributed by atoms with van der Waals surface area (Å²) in [6, 6.07) is 10.4. The van der Waals surface area contributed by atoms with E-state index in [9.17, 15) is 0 Å². The fourth-order valence-electron chi connectivity index (χ4n) is 3.40. The van der Waals surface area contributed by atoms with Crippen molar-refractivity contribution in [3.05, 3.63) is 59.9 Å². The number of nitrogens with zero attached hydrogens (tertiary/aromatic N) is 5. The van der Waals surface area contributed by atoms with Crippen LogP contribution in [0.2, 0.25) is 0 Å². The van der Waals surface area contributed by atoms with Gasteiger partial charge in [-0.15, -0.1) is 0 Å². The Morgan fingerprint density at radius 3 is 2.92 bits per heavy atom. The van der Waals surface area contributed by atoms with E-state index >= 15 is 0 Å². The van der Waals surface area contributed by atoms with Gasteiger partial charge in [-0.1, -0.05) is 30.0 Å². The quantitative estimate of drug-likeness (QED) is 0.452. The fraction of sp³-hybridized carbons (Fsp3) is 0.222. The lowest BCUT2D eigenvalue weighted by atomic mass is 10.2. The second-order valence-corrected chi connectivity index (χ2v) is 7.01. The summed E-state index contributed by atoms with van der Waals surface area (Å²) in [6.07, 6.45) is 6.64. The first-order valence-electron chi connectivity index (χ1n) is 8.32. The van der Waals surface area contributed by atoms with Crippen molar-refractivity contribution in [1.82, 2.24) is 29.7 Å². The zero-order valence-corrected chi connectivity index (χ0v) is 14.3. The van der Waals surface area contributed by atoms with E-state index in [1.54, 1.807) is 24.4 Å². The summed E-state index contributed by atoms with van der Waals surface area (Å²) in [6.45, 7) is 0. The highest BCUT2D eigenvalue weighted by Crippen LogP contribution is 2.32. The van der Waals surface area contributed by atoms with Crippen LogP contribution in [0.5, 0.6) is 0 Å². The van der Waals surface area contributed by atoms with Crippen LogP contribution in [0.15, 0.2) is 48.0 Å². The van der Waals surface area contributed by atoms with Gasteiger partial charge in [0.1, 0.15) is 16.9 Å². The smallest absolute Gasteiger partial charge is 0.181 e. The van der Waals surface area contributed by atoms with Crippen molar-refractivity contribution in [2.45, 2.75) is 30.0 Å². The predicted molar refractivity (Wildman–Crippen MR) is 96.8 cm³/mol. The van der Waals surface area contributed by atoms with Crippen molar-refractivity contribution in [3.8, 4) is 5.69 Å². The SMILES string of the molecule is c1ccc(-n2nc(CSc3ncnc4nc[nH]c34)c3c2CCC3)cc1. The van der Waals surface area contributed by atoms with Crippen LogP contribution < -0.4 is 0 Å². The molecule has 1 aromatic carbocycles. The van der Waals surface area contributed by atoms with Crippen LogP contribution in [-0.2, 0) is 18.6 Å². The van der Waals surface area contributed by atoms with Crippen LogP contribution in [0.3, 0.4) is 0 Å². The number of hydrogen-bond donors (Lipinski definition) is 1. The number of aromatic nitrogens is 6. The van der Waals surface area contributed by atoms with Gasteiger partial charge in [0.15, 0.2) is 5.65 Å². The maximum Gasteiger partial charge on any atom is 0.181 e. The van der Waals surface area contributed by atoms with E-state index in [0.717, 1.165) is 40.5 Å². The minimum atomic E-state index is 0.706. The van der Waals surface area contributed by atoms with Gasteiger partial charge >= 0.3 is 0 Å². The number of rotatable bonds is 4. The third-order valence-corrected chi connectivity index (χ3v) is 5.55. The van der Waals surface area contributed by atoms with Gasteiger partial charge in [-0.25, -0.2) is 19.6 Å². The van der Waals surface area contributed by atoms with Crippen molar-refractivity contribution in [1.29, 1.82) is 0 Å². The van der Waals surface area contributed by atoms with Gasteiger partial charge in [0.25, 0.3) is 0 Å². The molecule has 0 saturated carbocycles. The second kappa shape index (κ2) is 6.00. The Morgan fingerprint density at radius 2 is 2.00 bits per heavy atom. The average Bonchev–Trinajstić information content (AvgIpc) is 3.37. The monoisotopic (exact) mass is 348 g/mol. The molecule has 0 saturated heterocycles. The van der Waals surface area contributed by atoms with Crippen molar-refractivity contribution in [3.63, 3.8) is 0 Å². The van der Waals surface area contributed by atoms with Gasteiger partial charge < -0.3 is 4.98 Å². The van der Waals surface area contributed by atoms with E-state index in [2.05, 4.69) is 48.9 Å². The lowest BCUT2D eigenvalue weighted by Crippen LogP contribution is -2.01. The molecule has 0 radical (unpaired) electrons. The Morgan fingerprint density at radius 1 is 1.08 bits per heavy atom. The molecule has 25 heavy (non-hydrogen) atoms. The molecule has 1 aliphatic rings. The molecule has 7 heteroatoms. The summed E-state index contributed by atoms with van der Waals surface area (Å²) in [5.74, 6) is 0.799. The Kier molecular flexibility index (Phi) is 3.52. The number of hydrogen-bond acceptors (Lipinski definition) is 5. The number of benzene rings is 1. The highest BCUT2D eigenvalue weighted by molar-refractivity contribution is 7.98. The standard InChI is InChI=1S/C18H16N6S/c1-2-5-12(6-3-1)24-15-8-4-7-13(15)14(23-24)9-25-18-16-17(20-10-19-16)21-11-22-18/h1-3,5-6,10-11H,4,7-9H2,(H,19,20,21,22). The van der Waals surface area contributed by atoms with Crippen LogP contribution in [0.4, 0.5) is 0 Å². The van der Waals surface area contributed by atoms with Crippen LogP contribution in [0, 0.1) is 0 Å². The Hall–Kier alpha value is -2.67. The number of imidazole rings is 1. The van der Waals surface area contributed by atoms with Gasteiger partial charge in [0.2, 0.25) is 0 Å². The third-order valence-electron chi connectivity index (χ3n) is 4.55. The third kappa shape index (κ3) is 2.51. The van der Waals surface area contributed by atoms with Gasteiger partial charge in [-0.05, 0) is 37.0 Å². The van der Waals surface area contributed by atoms with Crippen molar-refractivity contribution in [2.75, 3.05) is 0 Å². The molecular formula is C18H16N6S. The lowest BCUT2D eigenvalue weighted by Gasteiger charge is -2.04. The number of thioether (sulfide) groups is 1. The second-order valence-electron chi connectivity index (χ2n) is 6.04. The normalized spacial score (nSPS) is 13.4. The molecule has 0 bridgehead atoms. The Labute approximate surface area is 148 Å². The summed E-state index contributed by atoms with van der Waals surface area (Å²) in [4.78, 5) is 15.9. The van der Waals surface area contributed by atoms with Crippen LogP contribution in [-0.4, -0.2) is 29.7 Å². The summed E-state index contributed by atoms with van der Waals surface area (Å²) < 4.78 is 2.12. The number of aromatic amines is 1. The molecule has 124 valence electrons. The molecule has 0 atom stereocenters. The van der Waals surface area contributed by atoms with E-state index in [-0.39, 0.29) is 0 Å². The minimum Gasteiger partial charge on any atom is -0.341 e. The molecule has 0 fully saturated rings. The number of nitrogens with one attached hydrogen (secondary N) is 1. The van der Waals surface area contributed by atoms with Crippen molar-refractivity contribution < 1.29 is 0 Å². The molecule has 0 aliphatic heterocycles. The molecule has 1 N–H and O–H groups in total. The minimum absolute atomic E-state index is 0.706. The van der Waals surface area contributed by atoms with Crippen molar-refractivity contribution in [2.24, 2.45) is 0 Å². The first kappa shape index (κ1) is 14.7. The van der Waals surface area contributed by atoms with Crippen LogP contribution in [0.25, 0.3) is 16.9 Å². The number of H-pyrrole nitrogens is 1. The Balaban J connectivity index is 1.48. The van der Waals surface area contributed by atoms with Gasteiger partial charge in [0.05, 0.1) is 17.7 Å². The number of para-hydroxylation sites is 1. The topological polar surface area (TPSA) is 72.3 Å². The molecule has 5 rings (SSSR count). The van der Waals surface area contributed by atoms with Gasteiger partial charge in [-0.3, -0.25) is 0 Å². The van der Waals surface area contributed by atoms with E-state index in [0.29, 0.717) is 5.65 Å². The predicted octanol–water partition coefficient (Wildman–Crippen LogP) is 3.32. The summed E-state index contributed by atoms with van der Waals surface area (Å²) in [7, 11) is 0. The largest absolute Gasteiger partial charge is 0.341 e. The van der Waals surface area contributed by atoms with E-state index < -0.39 is 0 Å². The molecule has 1 aliphatic carbocycles. The fourth-order valence-corrected chi connectivity index (χ4v) is 4.32. The van der Waals surface area contributed by atoms with Crippen LogP contribution in [0.1, 0.15) is 23.4 Å². The molecule has 4 aromatic rings. The molecular weight excluding hydrogens is 332 g/mol. The zero-order valence-electron chi connectivity index (χ0n) is 13.5. The van der Waals surface area contributed by atoms with E-state index in [4.69, 9.17) is 5.10 Å². The van der Waals surface area contributed by atoms with E-state index in [1.807, 2.05) is 6.07 Å². The lowest BCUT2D eigenvalue weighted by molar-refractivity contribution is 0.771. The maximum atomic E-state index is 4.91.